The highest BCUT2D eigenvalue weighted by Gasteiger charge is 2.48. The van der Waals surface area contributed by atoms with Gasteiger partial charge in [0.15, 0.2) is 5.75 Å². The minimum Gasteiger partial charge on any atom is -0.490 e. The summed E-state index contributed by atoms with van der Waals surface area (Å²) in [6.07, 6.45) is 6.52. The predicted molar refractivity (Wildman–Crippen MR) is 163 cm³/mol. The molecular weight excluding hydrogens is 586 g/mol. The maximum atomic E-state index is 12.6. The molecule has 1 atom stereocenters. The number of piperidine rings is 1. The molecule has 224 valence electrons. The minimum atomic E-state index is -0.473. The van der Waals surface area contributed by atoms with Gasteiger partial charge < -0.3 is 28.9 Å². The largest absolute Gasteiger partial charge is 0.490 e. The zero-order valence-corrected chi connectivity index (χ0v) is 26.8. The van der Waals surface area contributed by atoms with Gasteiger partial charge in [-0.15, -0.1) is 0 Å². The van der Waals surface area contributed by atoms with Crippen LogP contribution in [0, 0.1) is 5.41 Å². The van der Waals surface area contributed by atoms with E-state index in [1.807, 2.05) is 32.6 Å². The van der Waals surface area contributed by atoms with Crippen molar-refractivity contribution in [1.29, 1.82) is 0 Å². The summed E-state index contributed by atoms with van der Waals surface area (Å²) in [5, 5.41) is 1.03. The first-order valence-electron chi connectivity index (χ1n) is 15.3. The van der Waals surface area contributed by atoms with E-state index in [1.165, 1.54) is 24.8 Å². The smallest absolute Gasteiger partial charge is 0.410 e. The fraction of sp³-hybridized carbons (Fsp3) is 0.710. The Bertz CT molecular complexity index is 1290. The number of likely N-dealkylation sites (N-methyl/N-ethyl adjacent to an activating group) is 1. The Hall–Kier alpha value is -2.33. The van der Waals surface area contributed by atoms with E-state index in [0.29, 0.717) is 31.2 Å². The van der Waals surface area contributed by atoms with Crippen LogP contribution in [0.25, 0.3) is 10.9 Å². The number of rotatable bonds is 7. The summed E-state index contributed by atoms with van der Waals surface area (Å²) in [5.41, 5.74) is 1.77. The molecule has 0 bridgehead atoms. The molecule has 3 aliphatic heterocycles. The zero-order valence-electron chi connectivity index (χ0n) is 25.2. The number of anilines is 1. The van der Waals surface area contributed by atoms with Crippen LogP contribution in [-0.2, 0) is 4.74 Å². The number of halogens is 1. The van der Waals surface area contributed by atoms with Gasteiger partial charge in [-0.2, -0.15) is 9.97 Å². The fourth-order valence-corrected chi connectivity index (χ4v) is 7.30. The first kappa shape index (κ1) is 28.8. The Labute approximate surface area is 252 Å². The summed E-state index contributed by atoms with van der Waals surface area (Å²) in [4.78, 5) is 29.2. The van der Waals surface area contributed by atoms with E-state index in [2.05, 4.69) is 38.8 Å². The average Bonchev–Trinajstić information content (AvgIpc) is 3.67. The number of carbonyl (C=O) groups excluding carboxylic acids is 1. The van der Waals surface area contributed by atoms with Gasteiger partial charge in [-0.3, -0.25) is 0 Å². The third-order valence-corrected chi connectivity index (χ3v) is 9.90. The van der Waals surface area contributed by atoms with E-state index >= 15 is 0 Å². The Morgan fingerprint density at radius 2 is 1.83 bits per heavy atom. The number of aromatic nitrogens is 2. The Morgan fingerprint density at radius 3 is 2.44 bits per heavy atom. The predicted octanol–water partition coefficient (Wildman–Crippen LogP) is 5.98. The molecule has 41 heavy (non-hydrogen) atoms. The molecule has 0 N–H and O–H groups in total. The number of hydrogen-bond donors (Lipinski definition) is 0. The Kier molecular flexibility index (Phi) is 7.76. The minimum absolute atomic E-state index is 0.154. The van der Waals surface area contributed by atoms with Crippen LogP contribution >= 0.6 is 15.9 Å². The first-order chi connectivity index (χ1) is 19.6. The highest BCUT2D eigenvalue weighted by molar-refractivity contribution is 9.10. The van der Waals surface area contributed by atoms with Crippen molar-refractivity contribution in [3.63, 3.8) is 0 Å². The van der Waals surface area contributed by atoms with E-state index in [4.69, 9.17) is 24.2 Å². The summed E-state index contributed by atoms with van der Waals surface area (Å²) in [7, 11) is 2.16. The second kappa shape index (κ2) is 11.1. The second-order valence-corrected chi connectivity index (χ2v) is 14.2. The van der Waals surface area contributed by atoms with Crippen molar-refractivity contribution in [2.24, 2.45) is 5.41 Å². The second-order valence-electron chi connectivity index (χ2n) is 13.5. The van der Waals surface area contributed by atoms with Crippen LogP contribution in [0.2, 0.25) is 0 Å². The fourth-order valence-electron chi connectivity index (χ4n) is 6.56. The molecule has 0 unspecified atom stereocenters. The molecule has 1 spiro atoms. The molecule has 2 aromatic rings. The lowest BCUT2D eigenvalue weighted by atomic mass is 9.72. The van der Waals surface area contributed by atoms with Crippen LogP contribution in [0.5, 0.6) is 11.8 Å². The van der Waals surface area contributed by atoms with Crippen molar-refractivity contribution in [3.05, 3.63) is 16.1 Å². The molecule has 3 saturated heterocycles. The third-order valence-electron chi connectivity index (χ3n) is 9.08. The molecule has 1 aliphatic carbocycles. The lowest BCUT2D eigenvalue weighted by Gasteiger charge is -2.53. The molecule has 1 aromatic heterocycles. The van der Waals surface area contributed by atoms with Crippen molar-refractivity contribution >= 4 is 38.7 Å². The molecular formula is C31H44BrN5O4. The SMILES string of the molecule is CCOc1c(Br)c(C2CC2)cc2c(N3CCC4(CC3)CN(C(=O)OC(C)(C)C)C4)nc(OC[C@@H]3CCCN3C)nc12. The molecule has 4 fully saturated rings. The van der Waals surface area contributed by atoms with Gasteiger partial charge in [-0.25, -0.2) is 4.79 Å². The van der Waals surface area contributed by atoms with Gasteiger partial charge in [0.2, 0.25) is 0 Å². The van der Waals surface area contributed by atoms with Gasteiger partial charge in [-0.1, -0.05) is 0 Å². The van der Waals surface area contributed by atoms with Gasteiger partial charge >= 0.3 is 12.1 Å². The molecule has 6 rings (SSSR count). The highest BCUT2D eigenvalue weighted by atomic mass is 79.9. The number of likely N-dealkylation sites (tertiary alicyclic amines) is 2. The number of hydrogen-bond acceptors (Lipinski definition) is 8. The summed E-state index contributed by atoms with van der Waals surface area (Å²) in [6, 6.07) is 3.08. The van der Waals surface area contributed by atoms with E-state index in [0.717, 1.165) is 78.9 Å². The standard InChI is InChI=1S/C31H44BrN5O4/c1-6-39-26-24(32)22(20-9-10-20)16-23-25(26)33-28(40-17-21-8-7-13-35(21)5)34-27(23)36-14-11-31(12-15-36)18-37(19-31)29(38)41-30(2,3)4/h16,20-21H,6-15,17-19H2,1-5H3/t21-/m0/s1. The number of ether oxygens (including phenoxy) is 3. The number of fused-ring (bicyclic) bond motifs is 1. The summed E-state index contributed by atoms with van der Waals surface area (Å²) in [6.45, 7) is 13.3. The lowest BCUT2D eigenvalue weighted by molar-refractivity contribution is -0.0434. The van der Waals surface area contributed by atoms with Gasteiger partial charge in [-0.05, 0) is 113 Å². The summed E-state index contributed by atoms with van der Waals surface area (Å²) >= 11 is 3.87. The first-order valence-corrected chi connectivity index (χ1v) is 16.1. The van der Waals surface area contributed by atoms with E-state index in [9.17, 15) is 4.79 Å². The highest BCUT2D eigenvalue weighted by Crippen LogP contribution is 2.50. The monoisotopic (exact) mass is 629 g/mol. The van der Waals surface area contributed by atoms with Crippen molar-refractivity contribution in [1.82, 2.24) is 19.8 Å². The van der Waals surface area contributed by atoms with Crippen molar-refractivity contribution < 1.29 is 19.0 Å². The quantitative estimate of drug-likeness (QED) is 0.370. The maximum absolute atomic E-state index is 12.6. The van der Waals surface area contributed by atoms with Crippen LogP contribution in [0.3, 0.4) is 0 Å². The van der Waals surface area contributed by atoms with Gasteiger partial charge in [0.25, 0.3) is 0 Å². The molecule has 0 radical (unpaired) electrons. The van der Waals surface area contributed by atoms with E-state index in [1.54, 1.807) is 0 Å². The van der Waals surface area contributed by atoms with Crippen LogP contribution in [0.4, 0.5) is 10.6 Å². The van der Waals surface area contributed by atoms with Crippen LogP contribution < -0.4 is 14.4 Å². The van der Waals surface area contributed by atoms with Crippen LogP contribution in [0.15, 0.2) is 10.5 Å². The number of carbonyl (C=O) groups is 1. The van der Waals surface area contributed by atoms with Crippen LogP contribution in [0.1, 0.15) is 77.7 Å². The van der Waals surface area contributed by atoms with Crippen molar-refractivity contribution in [2.75, 3.05) is 57.9 Å². The number of nitrogens with zero attached hydrogens (tertiary/aromatic N) is 5. The molecule has 10 heteroatoms. The Balaban J connectivity index is 1.27. The van der Waals surface area contributed by atoms with Crippen molar-refractivity contribution in [3.8, 4) is 11.8 Å². The summed E-state index contributed by atoms with van der Waals surface area (Å²) in [5.74, 6) is 2.27. The third kappa shape index (κ3) is 5.96. The normalized spacial score (nSPS) is 22.7. The maximum Gasteiger partial charge on any atom is 0.410 e. The van der Waals surface area contributed by atoms with E-state index in [-0.39, 0.29) is 11.5 Å². The molecule has 1 saturated carbocycles. The molecule has 4 aliphatic rings. The topological polar surface area (TPSA) is 80.3 Å². The van der Waals surface area contributed by atoms with Crippen LogP contribution in [-0.4, -0.2) is 90.5 Å². The zero-order chi connectivity index (χ0) is 28.9. The average molecular weight is 631 g/mol. The number of benzene rings is 1. The van der Waals surface area contributed by atoms with Gasteiger partial charge in [0.1, 0.15) is 23.5 Å². The molecule has 9 nitrogen and oxygen atoms in total. The number of amides is 1. The van der Waals surface area contributed by atoms with E-state index < -0.39 is 5.60 Å². The molecule has 1 aromatic carbocycles. The molecule has 4 heterocycles. The van der Waals surface area contributed by atoms with Crippen molar-refractivity contribution in [2.45, 2.75) is 83.8 Å². The molecule has 1 amide bonds. The lowest BCUT2D eigenvalue weighted by Crippen LogP contribution is -2.62. The van der Waals surface area contributed by atoms with Gasteiger partial charge in [0, 0.05) is 43.0 Å². The van der Waals surface area contributed by atoms with Gasteiger partial charge in [0.05, 0.1) is 11.1 Å². The Morgan fingerprint density at radius 1 is 1.10 bits per heavy atom. The summed E-state index contributed by atoms with van der Waals surface area (Å²) < 4.78 is 19.1.